The highest BCUT2D eigenvalue weighted by molar-refractivity contribution is 5.86. The Morgan fingerprint density at radius 1 is 1.47 bits per heavy atom. The molecule has 1 fully saturated rings. The van der Waals surface area contributed by atoms with E-state index in [1.54, 1.807) is 10.8 Å². The van der Waals surface area contributed by atoms with Crippen molar-refractivity contribution in [3.8, 4) is 0 Å². The zero-order chi connectivity index (χ0) is 13.8. The standard InChI is InChI=1S/C14H20N2O3/c1-15-7-3-2-4-11(15)5-8-16-9-6-13(17)12(10-16)14(18)19/h6,9-11H,2-5,7-8H2,1H3,(H,18,19). The van der Waals surface area contributed by atoms with E-state index < -0.39 is 11.4 Å². The van der Waals surface area contributed by atoms with Crippen LogP contribution >= 0.6 is 0 Å². The largest absolute Gasteiger partial charge is 0.477 e. The van der Waals surface area contributed by atoms with Gasteiger partial charge in [-0.05, 0) is 32.9 Å². The second kappa shape index (κ2) is 6.02. The maximum atomic E-state index is 11.4. The molecule has 1 atom stereocenters. The number of likely N-dealkylation sites (tertiary alicyclic amines) is 1. The summed E-state index contributed by atoms with van der Waals surface area (Å²) in [5.41, 5.74) is -0.585. The number of hydrogen-bond acceptors (Lipinski definition) is 3. The van der Waals surface area contributed by atoms with Crippen LogP contribution in [0.2, 0.25) is 0 Å². The Morgan fingerprint density at radius 2 is 2.26 bits per heavy atom. The molecule has 0 amide bonds. The monoisotopic (exact) mass is 264 g/mol. The first-order chi connectivity index (χ1) is 9.08. The summed E-state index contributed by atoms with van der Waals surface area (Å²) >= 11 is 0. The van der Waals surface area contributed by atoms with Crippen LogP contribution in [0.5, 0.6) is 0 Å². The Morgan fingerprint density at radius 3 is 2.95 bits per heavy atom. The summed E-state index contributed by atoms with van der Waals surface area (Å²) in [6.45, 7) is 1.88. The van der Waals surface area contributed by atoms with Crippen LogP contribution in [0.25, 0.3) is 0 Å². The molecule has 2 heterocycles. The van der Waals surface area contributed by atoms with Crippen LogP contribution in [0, 0.1) is 0 Å². The van der Waals surface area contributed by atoms with Gasteiger partial charge in [0.2, 0.25) is 0 Å². The van der Waals surface area contributed by atoms with Crippen LogP contribution in [0.3, 0.4) is 0 Å². The number of nitrogens with zero attached hydrogens (tertiary/aromatic N) is 2. The molecule has 0 spiro atoms. The number of aryl methyl sites for hydroxylation is 1. The van der Waals surface area contributed by atoms with Gasteiger partial charge in [0.05, 0.1) is 0 Å². The minimum absolute atomic E-state index is 0.153. The number of pyridine rings is 1. The Kier molecular flexibility index (Phi) is 4.37. The molecule has 0 saturated carbocycles. The minimum atomic E-state index is -1.16. The first-order valence-electron chi connectivity index (χ1n) is 6.71. The van der Waals surface area contributed by atoms with Crippen molar-refractivity contribution in [1.82, 2.24) is 9.47 Å². The molecule has 0 radical (unpaired) electrons. The molecule has 1 saturated heterocycles. The Hall–Kier alpha value is -1.62. The average Bonchev–Trinajstić information content (AvgIpc) is 2.39. The molecular weight excluding hydrogens is 244 g/mol. The van der Waals surface area contributed by atoms with Gasteiger partial charge in [-0.3, -0.25) is 4.79 Å². The first kappa shape index (κ1) is 13.8. The summed E-state index contributed by atoms with van der Waals surface area (Å²) in [6, 6.07) is 1.88. The van der Waals surface area contributed by atoms with Crippen LogP contribution in [-0.4, -0.2) is 40.2 Å². The second-order valence-corrected chi connectivity index (χ2v) is 5.18. The third-order valence-corrected chi connectivity index (χ3v) is 3.85. The Bertz CT molecular complexity index is 510. The van der Waals surface area contributed by atoms with E-state index in [2.05, 4.69) is 11.9 Å². The molecule has 5 heteroatoms. The fourth-order valence-corrected chi connectivity index (χ4v) is 2.63. The molecule has 1 aliphatic heterocycles. The fourth-order valence-electron chi connectivity index (χ4n) is 2.63. The van der Waals surface area contributed by atoms with Crippen molar-refractivity contribution < 1.29 is 9.90 Å². The van der Waals surface area contributed by atoms with Gasteiger partial charge in [-0.25, -0.2) is 4.79 Å². The molecular formula is C14H20N2O3. The molecule has 1 aromatic heterocycles. The van der Waals surface area contributed by atoms with E-state index in [0.717, 1.165) is 19.5 Å². The summed E-state index contributed by atoms with van der Waals surface area (Å²) in [5, 5.41) is 8.93. The molecule has 1 unspecified atom stereocenters. The molecule has 1 aliphatic rings. The van der Waals surface area contributed by atoms with Crippen LogP contribution in [0.4, 0.5) is 0 Å². The van der Waals surface area contributed by atoms with Gasteiger partial charge in [0.15, 0.2) is 5.43 Å². The van der Waals surface area contributed by atoms with Crippen molar-refractivity contribution in [3.05, 3.63) is 34.2 Å². The zero-order valence-electron chi connectivity index (χ0n) is 11.2. The second-order valence-electron chi connectivity index (χ2n) is 5.18. The molecule has 104 valence electrons. The summed E-state index contributed by atoms with van der Waals surface area (Å²) in [5.74, 6) is -1.16. The Labute approximate surface area is 112 Å². The van der Waals surface area contributed by atoms with Crippen molar-refractivity contribution in [1.29, 1.82) is 0 Å². The van der Waals surface area contributed by atoms with Crippen LogP contribution in [-0.2, 0) is 6.54 Å². The van der Waals surface area contributed by atoms with E-state index >= 15 is 0 Å². The quantitative estimate of drug-likeness (QED) is 0.893. The molecule has 19 heavy (non-hydrogen) atoms. The number of carboxylic acid groups (broad SMARTS) is 1. The highest BCUT2D eigenvalue weighted by Crippen LogP contribution is 2.18. The van der Waals surface area contributed by atoms with Crippen molar-refractivity contribution >= 4 is 5.97 Å². The lowest BCUT2D eigenvalue weighted by Gasteiger charge is -2.32. The fraction of sp³-hybridized carbons (Fsp3) is 0.571. The van der Waals surface area contributed by atoms with Crippen molar-refractivity contribution in [2.75, 3.05) is 13.6 Å². The maximum Gasteiger partial charge on any atom is 0.341 e. The topological polar surface area (TPSA) is 62.5 Å². The summed E-state index contributed by atoms with van der Waals surface area (Å²) in [4.78, 5) is 24.6. The van der Waals surface area contributed by atoms with Crippen molar-refractivity contribution in [3.63, 3.8) is 0 Å². The lowest BCUT2D eigenvalue weighted by Crippen LogP contribution is -2.36. The number of aromatic nitrogens is 1. The van der Waals surface area contributed by atoms with Crippen LogP contribution < -0.4 is 5.43 Å². The van der Waals surface area contributed by atoms with Gasteiger partial charge in [0.25, 0.3) is 0 Å². The zero-order valence-corrected chi connectivity index (χ0v) is 11.2. The van der Waals surface area contributed by atoms with Gasteiger partial charge in [-0.15, -0.1) is 0 Å². The molecule has 1 N–H and O–H groups in total. The van der Waals surface area contributed by atoms with Crippen LogP contribution in [0.1, 0.15) is 36.0 Å². The normalized spacial score (nSPS) is 20.4. The third kappa shape index (κ3) is 3.44. The van der Waals surface area contributed by atoms with Gasteiger partial charge in [0, 0.05) is 31.0 Å². The highest BCUT2D eigenvalue weighted by Gasteiger charge is 2.18. The lowest BCUT2D eigenvalue weighted by atomic mass is 10.0. The first-order valence-corrected chi connectivity index (χ1v) is 6.71. The van der Waals surface area contributed by atoms with Crippen LogP contribution in [0.15, 0.2) is 23.3 Å². The van der Waals surface area contributed by atoms with E-state index in [0.29, 0.717) is 6.04 Å². The number of aromatic carboxylic acids is 1. The van der Waals surface area contributed by atoms with E-state index in [1.165, 1.54) is 31.5 Å². The minimum Gasteiger partial charge on any atom is -0.477 e. The molecule has 2 rings (SSSR count). The molecule has 5 nitrogen and oxygen atoms in total. The van der Waals surface area contributed by atoms with Gasteiger partial charge in [0.1, 0.15) is 5.56 Å². The number of carboxylic acids is 1. The van der Waals surface area contributed by atoms with E-state index in [9.17, 15) is 9.59 Å². The number of rotatable bonds is 4. The van der Waals surface area contributed by atoms with Gasteiger partial charge in [-0.1, -0.05) is 6.42 Å². The smallest absolute Gasteiger partial charge is 0.341 e. The molecule has 0 aromatic carbocycles. The van der Waals surface area contributed by atoms with E-state index in [4.69, 9.17) is 5.11 Å². The summed E-state index contributed by atoms with van der Waals surface area (Å²) in [7, 11) is 2.14. The van der Waals surface area contributed by atoms with Crippen molar-refractivity contribution in [2.45, 2.75) is 38.3 Å². The lowest BCUT2D eigenvalue weighted by molar-refractivity contribution is 0.0694. The summed E-state index contributed by atoms with van der Waals surface area (Å²) < 4.78 is 1.80. The Balaban J connectivity index is 2.01. The number of piperidine rings is 1. The molecule has 0 aliphatic carbocycles. The maximum absolute atomic E-state index is 11.4. The van der Waals surface area contributed by atoms with Gasteiger partial charge in [-0.2, -0.15) is 0 Å². The SMILES string of the molecule is CN1CCCCC1CCn1ccc(=O)c(C(=O)O)c1. The summed E-state index contributed by atoms with van der Waals surface area (Å²) in [6.07, 6.45) is 7.81. The van der Waals surface area contributed by atoms with Gasteiger partial charge >= 0.3 is 5.97 Å². The van der Waals surface area contributed by atoms with Crippen molar-refractivity contribution in [2.24, 2.45) is 0 Å². The average molecular weight is 264 g/mol. The predicted molar refractivity (Wildman–Crippen MR) is 72.5 cm³/mol. The van der Waals surface area contributed by atoms with Gasteiger partial charge < -0.3 is 14.6 Å². The molecule has 1 aromatic rings. The number of hydrogen-bond donors (Lipinski definition) is 1. The number of carbonyl (C=O) groups is 1. The van der Waals surface area contributed by atoms with E-state index in [-0.39, 0.29) is 5.56 Å². The highest BCUT2D eigenvalue weighted by atomic mass is 16.4. The van der Waals surface area contributed by atoms with E-state index in [1.807, 2.05) is 0 Å². The predicted octanol–water partition coefficient (Wildman–Crippen LogP) is 1.42. The molecule has 0 bridgehead atoms. The third-order valence-electron chi connectivity index (χ3n) is 3.85.